The van der Waals surface area contributed by atoms with E-state index in [1.165, 1.54) is 41.5 Å². The van der Waals surface area contributed by atoms with Crippen molar-refractivity contribution in [1.82, 2.24) is 4.90 Å². The van der Waals surface area contributed by atoms with Crippen LogP contribution in [-0.4, -0.2) is 31.6 Å². The molecule has 2 rings (SSSR count). The number of hydrogen-bond acceptors (Lipinski definition) is 4. The first kappa shape index (κ1) is 17.5. The number of benzene rings is 1. The molecule has 4 nitrogen and oxygen atoms in total. The van der Waals surface area contributed by atoms with Gasteiger partial charge in [0.05, 0.1) is 18.0 Å². The van der Waals surface area contributed by atoms with Crippen LogP contribution in [0.3, 0.4) is 0 Å². The lowest BCUT2D eigenvalue weighted by molar-refractivity contribution is -0.0512. The Labute approximate surface area is 141 Å². The molecular formula is C15H14ClF2NO3S. The van der Waals surface area contributed by atoms with Crippen LogP contribution in [0.15, 0.2) is 30.3 Å². The molecule has 2 aromatic rings. The number of carbonyl (C=O) groups excluding carboxylic acids is 1. The van der Waals surface area contributed by atoms with Crippen LogP contribution < -0.4 is 9.47 Å². The highest BCUT2D eigenvalue weighted by Gasteiger charge is 2.17. The molecular weight excluding hydrogens is 348 g/mol. The van der Waals surface area contributed by atoms with Gasteiger partial charge in [-0.15, -0.1) is 11.3 Å². The lowest BCUT2D eigenvalue weighted by atomic mass is 10.1. The zero-order valence-corrected chi connectivity index (χ0v) is 14.0. The largest absolute Gasteiger partial charge is 0.493 e. The Morgan fingerprint density at radius 1 is 1.30 bits per heavy atom. The summed E-state index contributed by atoms with van der Waals surface area (Å²) in [4.78, 5) is 14.8. The number of halogens is 3. The van der Waals surface area contributed by atoms with E-state index < -0.39 is 6.61 Å². The predicted molar refractivity (Wildman–Crippen MR) is 84.8 cm³/mol. The van der Waals surface area contributed by atoms with Crippen molar-refractivity contribution in [3.63, 3.8) is 0 Å². The second-order valence-electron chi connectivity index (χ2n) is 4.61. The molecule has 0 aliphatic carbocycles. The fourth-order valence-corrected chi connectivity index (χ4v) is 3.10. The predicted octanol–water partition coefficient (Wildman–Crippen LogP) is 4.28. The summed E-state index contributed by atoms with van der Waals surface area (Å²) in [6.45, 7) is -2.63. The van der Waals surface area contributed by atoms with Gasteiger partial charge in [0.25, 0.3) is 5.91 Å². The topological polar surface area (TPSA) is 38.8 Å². The molecule has 0 aliphatic heterocycles. The van der Waals surface area contributed by atoms with Crippen molar-refractivity contribution < 1.29 is 23.0 Å². The van der Waals surface area contributed by atoms with Crippen LogP contribution >= 0.6 is 22.9 Å². The van der Waals surface area contributed by atoms with Crippen molar-refractivity contribution >= 4 is 28.8 Å². The number of hydrogen-bond donors (Lipinski definition) is 0. The van der Waals surface area contributed by atoms with Crippen molar-refractivity contribution in [2.75, 3.05) is 14.2 Å². The van der Waals surface area contributed by atoms with E-state index in [2.05, 4.69) is 4.74 Å². The highest BCUT2D eigenvalue weighted by molar-refractivity contribution is 7.16. The molecule has 1 amide bonds. The summed E-state index contributed by atoms with van der Waals surface area (Å²) in [5.74, 6) is -0.369. The molecule has 1 aromatic carbocycles. The Morgan fingerprint density at radius 2 is 2.04 bits per heavy atom. The van der Waals surface area contributed by atoms with Gasteiger partial charge >= 0.3 is 6.61 Å². The normalized spacial score (nSPS) is 10.7. The van der Waals surface area contributed by atoms with Crippen LogP contribution in [0.2, 0.25) is 4.34 Å². The van der Waals surface area contributed by atoms with Crippen molar-refractivity contribution in [3.8, 4) is 11.5 Å². The van der Waals surface area contributed by atoms with Crippen molar-refractivity contribution in [2.24, 2.45) is 0 Å². The maximum absolute atomic E-state index is 12.4. The summed E-state index contributed by atoms with van der Waals surface area (Å²) in [7, 11) is 2.95. The molecule has 0 N–H and O–H groups in total. The molecule has 0 saturated carbocycles. The number of methoxy groups -OCH3 is 1. The zero-order valence-electron chi connectivity index (χ0n) is 12.4. The summed E-state index contributed by atoms with van der Waals surface area (Å²) in [6.07, 6.45) is 0. The van der Waals surface area contributed by atoms with E-state index in [4.69, 9.17) is 16.3 Å². The fraction of sp³-hybridized carbons (Fsp3) is 0.267. The van der Waals surface area contributed by atoms with Crippen molar-refractivity contribution in [3.05, 3.63) is 45.1 Å². The molecule has 0 aliphatic rings. The number of alkyl halides is 2. The van der Waals surface area contributed by atoms with Crippen LogP contribution in [0.5, 0.6) is 11.5 Å². The third-order valence-electron chi connectivity index (χ3n) is 3.00. The molecule has 0 radical (unpaired) electrons. The van der Waals surface area contributed by atoms with E-state index in [1.807, 2.05) is 6.07 Å². The van der Waals surface area contributed by atoms with Gasteiger partial charge < -0.3 is 14.4 Å². The van der Waals surface area contributed by atoms with E-state index in [-0.39, 0.29) is 23.0 Å². The van der Waals surface area contributed by atoms with E-state index in [0.29, 0.717) is 10.9 Å². The highest BCUT2D eigenvalue weighted by atomic mass is 35.5. The zero-order chi connectivity index (χ0) is 17.0. The lowest BCUT2D eigenvalue weighted by Crippen LogP contribution is -2.25. The van der Waals surface area contributed by atoms with E-state index in [9.17, 15) is 13.6 Å². The third kappa shape index (κ3) is 4.56. The number of amides is 1. The molecule has 0 saturated heterocycles. The van der Waals surface area contributed by atoms with Gasteiger partial charge in [-0.25, -0.2) is 0 Å². The quantitative estimate of drug-likeness (QED) is 0.770. The average molecular weight is 362 g/mol. The molecule has 0 atom stereocenters. The van der Waals surface area contributed by atoms with Gasteiger partial charge in [0.2, 0.25) is 0 Å². The lowest BCUT2D eigenvalue weighted by Gasteiger charge is -2.17. The summed E-state index contributed by atoms with van der Waals surface area (Å²) in [6, 6.07) is 7.74. The molecule has 1 heterocycles. The molecule has 0 spiro atoms. The average Bonchev–Trinajstić information content (AvgIpc) is 2.90. The van der Waals surface area contributed by atoms with Crippen LogP contribution in [0.1, 0.15) is 15.2 Å². The Bertz CT molecular complexity index is 693. The Balaban J connectivity index is 2.17. The summed E-state index contributed by atoms with van der Waals surface area (Å²) < 4.78 is 34.8. The fourth-order valence-electron chi connectivity index (χ4n) is 1.96. The van der Waals surface area contributed by atoms with E-state index in [0.717, 1.165) is 4.88 Å². The second-order valence-corrected chi connectivity index (χ2v) is 6.41. The van der Waals surface area contributed by atoms with E-state index >= 15 is 0 Å². The van der Waals surface area contributed by atoms with Crippen molar-refractivity contribution in [1.29, 1.82) is 0 Å². The number of thiophene rings is 1. The summed E-state index contributed by atoms with van der Waals surface area (Å²) in [5, 5.41) is 0. The summed E-state index contributed by atoms with van der Waals surface area (Å²) >= 11 is 7.23. The Hall–Kier alpha value is -1.86. The molecule has 0 unspecified atom stereocenters. The SMILES string of the molecule is COc1ccc(C(=O)N(C)Cc2ccc(Cl)s2)cc1OC(F)F. The Kier molecular flexibility index (Phi) is 5.79. The van der Waals surface area contributed by atoms with Gasteiger partial charge in [0, 0.05) is 17.5 Å². The highest BCUT2D eigenvalue weighted by Crippen LogP contribution is 2.30. The van der Waals surface area contributed by atoms with Gasteiger partial charge in [-0.3, -0.25) is 4.79 Å². The maximum atomic E-state index is 12.4. The third-order valence-corrected chi connectivity index (χ3v) is 4.21. The van der Waals surface area contributed by atoms with Gasteiger partial charge in [0.15, 0.2) is 11.5 Å². The van der Waals surface area contributed by atoms with Crippen LogP contribution in [0.25, 0.3) is 0 Å². The minimum absolute atomic E-state index is 0.134. The number of ether oxygens (including phenoxy) is 2. The minimum Gasteiger partial charge on any atom is -0.493 e. The smallest absolute Gasteiger partial charge is 0.387 e. The number of rotatable bonds is 6. The summed E-state index contributed by atoms with van der Waals surface area (Å²) in [5.41, 5.74) is 0.228. The van der Waals surface area contributed by atoms with Gasteiger partial charge in [-0.2, -0.15) is 8.78 Å². The standard InChI is InChI=1S/C15H14ClF2NO3S/c1-19(8-10-4-6-13(16)23-10)14(20)9-3-5-11(21-2)12(7-9)22-15(17)18/h3-7,15H,8H2,1-2H3. The second kappa shape index (κ2) is 7.61. The first-order valence-electron chi connectivity index (χ1n) is 6.53. The maximum Gasteiger partial charge on any atom is 0.387 e. The first-order valence-corrected chi connectivity index (χ1v) is 7.72. The van der Waals surface area contributed by atoms with Gasteiger partial charge in [-0.1, -0.05) is 11.6 Å². The molecule has 23 heavy (non-hydrogen) atoms. The monoisotopic (exact) mass is 361 g/mol. The molecule has 0 bridgehead atoms. The van der Waals surface area contributed by atoms with Gasteiger partial charge in [-0.05, 0) is 30.3 Å². The molecule has 1 aromatic heterocycles. The molecule has 124 valence electrons. The van der Waals surface area contributed by atoms with Crippen LogP contribution in [0, 0.1) is 0 Å². The first-order chi connectivity index (χ1) is 10.9. The molecule has 8 heteroatoms. The number of carbonyl (C=O) groups is 1. The van der Waals surface area contributed by atoms with Gasteiger partial charge in [0.1, 0.15) is 0 Å². The number of nitrogens with zero attached hydrogens (tertiary/aromatic N) is 1. The van der Waals surface area contributed by atoms with Crippen molar-refractivity contribution in [2.45, 2.75) is 13.2 Å². The Morgan fingerprint density at radius 3 is 2.61 bits per heavy atom. The van der Waals surface area contributed by atoms with Crippen LogP contribution in [-0.2, 0) is 6.54 Å². The van der Waals surface area contributed by atoms with E-state index in [1.54, 1.807) is 13.1 Å². The minimum atomic E-state index is -3.00. The van der Waals surface area contributed by atoms with Crippen LogP contribution in [0.4, 0.5) is 8.78 Å². The molecule has 0 fully saturated rings.